The van der Waals surface area contributed by atoms with Crippen LogP contribution in [0.25, 0.3) is 0 Å². The molecule has 72 valence electrons. The number of nitriles is 1. The molecule has 0 amide bonds. The summed E-state index contributed by atoms with van der Waals surface area (Å²) in [7, 11) is 0. The third-order valence-corrected chi connectivity index (χ3v) is 2.02. The van der Waals surface area contributed by atoms with Gasteiger partial charge >= 0.3 is 0 Å². The summed E-state index contributed by atoms with van der Waals surface area (Å²) in [6.45, 7) is 0.00215. The molecule has 14 heavy (non-hydrogen) atoms. The Morgan fingerprint density at radius 1 is 1.64 bits per heavy atom. The smallest absolute Gasteiger partial charge is 0.275 e. The van der Waals surface area contributed by atoms with Crippen LogP contribution in [0.1, 0.15) is 11.1 Å². The van der Waals surface area contributed by atoms with E-state index in [2.05, 4.69) is 0 Å². The second-order valence-electron chi connectivity index (χ2n) is 2.53. The molecule has 2 N–H and O–H groups in total. The maximum Gasteiger partial charge on any atom is 0.275 e. The lowest BCUT2D eigenvalue weighted by atomic mass is 10.1. The molecule has 0 aliphatic heterocycles. The second kappa shape index (κ2) is 4.05. The van der Waals surface area contributed by atoms with Crippen LogP contribution in [-0.4, -0.2) is 4.92 Å². The minimum atomic E-state index is -0.574. The van der Waals surface area contributed by atoms with Crippen LogP contribution in [0.15, 0.2) is 12.1 Å². The maximum atomic E-state index is 10.5. The number of nitrogens with zero attached hydrogens (tertiary/aromatic N) is 2. The lowest BCUT2D eigenvalue weighted by molar-refractivity contribution is -0.385. The average molecular weight is 212 g/mol. The summed E-state index contributed by atoms with van der Waals surface area (Å²) in [5.41, 5.74) is 5.64. The molecule has 1 aromatic carbocycles. The third-order valence-electron chi connectivity index (χ3n) is 1.71. The molecule has 0 aliphatic carbocycles. The van der Waals surface area contributed by atoms with Crippen LogP contribution in [0.3, 0.4) is 0 Å². The quantitative estimate of drug-likeness (QED) is 0.594. The van der Waals surface area contributed by atoms with Gasteiger partial charge in [-0.2, -0.15) is 5.26 Å². The van der Waals surface area contributed by atoms with Crippen LogP contribution in [-0.2, 0) is 6.54 Å². The summed E-state index contributed by atoms with van der Waals surface area (Å²) in [5, 5.41) is 19.2. The Labute approximate surface area is 84.8 Å². The molecule has 5 nitrogen and oxygen atoms in total. The van der Waals surface area contributed by atoms with E-state index in [1.54, 1.807) is 0 Å². The molecule has 0 saturated carbocycles. The van der Waals surface area contributed by atoms with E-state index in [4.69, 9.17) is 22.6 Å². The SMILES string of the molecule is N#Cc1cc(CN)c([N+](=O)[O-])cc1Cl. The van der Waals surface area contributed by atoms with E-state index in [0.717, 1.165) is 6.07 Å². The number of nitrogens with two attached hydrogens (primary N) is 1. The van der Waals surface area contributed by atoms with E-state index in [1.807, 2.05) is 6.07 Å². The van der Waals surface area contributed by atoms with Gasteiger partial charge in [0.1, 0.15) is 6.07 Å². The molecule has 0 heterocycles. The largest absolute Gasteiger partial charge is 0.326 e. The van der Waals surface area contributed by atoms with Crippen molar-refractivity contribution < 1.29 is 4.92 Å². The van der Waals surface area contributed by atoms with Crippen LogP contribution in [0.5, 0.6) is 0 Å². The molecule has 0 aromatic heterocycles. The Hall–Kier alpha value is -1.64. The van der Waals surface area contributed by atoms with Gasteiger partial charge in [0, 0.05) is 18.2 Å². The van der Waals surface area contributed by atoms with Gasteiger partial charge in [-0.05, 0) is 6.07 Å². The highest BCUT2D eigenvalue weighted by Gasteiger charge is 2.15. The van der Waals surface area contributed by atoms with Crippen LogP contribution in [0.4, 0.5) is 5.69 Å². The van der Waals surface area contributed by atoms with Crippen molar-refractivity contribution in [3.8, 4) is 6.07 Å². The zero-order valence-electron chi connectivity index (χ0n) is 7.03. The summed E-state index contributed by atoms with van der Waals surface area (Å²) < 4.78 is 0. The van der Waals surface area contributed by atoms with E-state index in [-0.39, 0.29) is 22.8 Å². The summed E-state index contributed by atoms with van der Waals surface area (Å²) in [6, 6.07) is 4.30. The number of halogens is 1. The van der Waals surface area contributed by atoms with E-state index in [0.29, 0.717) is 5.56 Å². The molecule has 0 spiro atoms. The topological polar surface area (TPSA) is 93.0 Å². The molecular formula is C8H6ClN3O2. The number of nitro groups is 1. The normalized spacial score (nSPS) is 9.50. The zero-order chi connectivity index (χ0) is 10.7. The fourth-order valence-electron chi connectivity index (χ4n) is 1.03. The van der Waals surface area contributed by atoms with Crippen LogP contribution < -0.4 is 5.73 Å². The Balaban J connectivity index is 3.41. The van der Waals surface area contributed by atoms with E-state index in [9.17, 15) is 10.1 Å². The van der Waals surface area contributed by atoms with Gasteiger partial charge < -0.3 is 5.73 Å². The van der Waals surface area contributed by atoms with Gasteiger partial charge in [-0.25, -0.2) is 0 Å². The molecule has 0 radical (unpaired) electrons. The minimum absolute atomic E-state index is 0.00215. The fraction of sp³-hybridized carbons (Fsp3) is 0.125. The maximum absolute atomic E-state index is 10.5. The predicted molar refractivity (Wildman–Crippen MR) is 50.7 cm³/mol. The Kier molecular flexibility index (Phi) is 3.02. The lowest BCUT2D eigenvalue weighted by Gasteiger charge is -2.01. The summed E-state index contributed by atoms with van der Waals surface area (Å²) in [6.07, 6.45) is 0. The van der Waals surface area contributed by atoms with Gasteiger partial charge in [0.2, 0.25) is 0 Å². The first kappa shape index (κ1) is 10.4. The zero-order valence-corrected chi connectivity index (χ0v) is 7.78. The fourth-order valence-corrected chi connectivity index (χ4v) is 1.23. The first-order valence-corrected chi connectivity index (χ1v) is 4.05. The predicted octanol–water partition coefficient (Wildman–Crippen LogP) is 1.58. The lowest BCUT2D eigenvalue weighted by Crippen LogP contribution is -2.02. The number of hydrogen-bond donors (Lipinski definition) is 1. The standard InChI is InChI=1S/C8H6ClN3O2/c9-7-2-8(12(13)14)6(4-11)1-5(7)3-10/h1-2H,4,11H2. The van der Waals surface area contributed by atoms with Gasteiger partial charge in [0.05, 0.1) is 15.5 Å². The molecule has 0 unspecified atom stereocenters. The van der Waals surface area contributed by atoms with Gasteiger partial charge in [0.25, 0.3) is 5.69 Å². The van der Waals surface area contributed by atoms with E-state index >= 15 is 0 Å². The van der Waals surface area contributed by atoms with Crippen molar-refractivity contribution in [1.29, 1.82) is 5.26 Å². The van der Waals surface area contributed by atoms with Crippen LogP contribution >= 0.6 is 11.6 Å². The van der Waals surface area contributed by atoms with Crippen molar-refractivity contribution in [2.75, 3.05) is 0 Å². The number of rotatable bonds is 2. The first-order valence-electron chi connectivity index (χ1n) is 3.67. The monoisotopic (exact) mass is 211 g/mol. The number of hydrogen-bond acceptors (Lipinski definition) is 4. The Bertz CT molecular complexity index is 425. The Morgan fingerprint density at radius 2 is 2.29 bits per heavy atom. The highest BCUT2D eigenvalue weighted by atomic mass is 35.5. The van der Waals surface area contributed by atoms with E-state index < -0.39 is 4.92 Å². The van der Waals surface area contributed by atoms with Gasteiger partial charge in [-0.15, -0.1) is 0 Å². The summed E-state index contributed by atoms with van der Waals surface area (Å²) in [5.74, 6) is 0. The Morgan fingerprint density at radius 3 is 2.71 bits per heavy atom. The van der Waals surface area contributed by atoms with Crippen molar-refractivity contribution in [2.24, 2.45) is 5.73 Å². The molecule has 1 aromatic rings. The van der Waals surface area contributed by atoms with Crippen molar-refractivity contribution in [3.63, 3.8) is 0 Å². The van der Waals surface area contributed by atoms with Gasteiger partial charge in [-0.1, -0.05) is 11.6 Å². The molecule has 1 rings (SSSR count). The first-order chi connectivity index (χ1) is 6.60. The third kappa shape index (κ3) is 1.82. The molecule has 0 aliphatic rings. The summed E-state index contributed by atoms with van der Waals surface area (Å²) >= 11 is 5.63. The van der Waals surface area contributed by atoms with Crippen molar-refractivity contribution in [3.05, 3.63) is 38.4 Å². The highest BCUT2D eigenvalue weighted by molar-refractivity contribution is 6.32. The molecule has 0 saturated heterocycles. The van der Waals surface area contributed by atoms with Crippen molar-refractivity contribution >= 4 is 17.3 Å². The molecule has 0 fully saturated rings. The van der Waals surface area contributed by atoms with E-state index in [1.165, 1.54) is 6.07 Å². The van der Waals surface area contributed by atoms with Crippen LogP contribution in [0, 0.1) is 21.4 Å². The van der Waals surface area contributed by atoms with Crippen molar-refractivity contribution in [1.82, 2.24) is 0 Å². The number of benzene rings is 1. The molecule has 0 bridgehead atoms. The molecular weight excluding hydrogens is 206 g/mol. The minimum Gasteiger partial charge on any atom is -0.326 e. The molecule has 0 atom stereocenters. The molecule has 6 heteroatoms. The average Bonchev–Trinajstić information content (AvgIpc) is 2.17. The van der Waals surface area contributed by atoms with Gasteiger partial charge in [-0.3, -0.25) is 10.1 Å². The highest BCUT2D eigenvalue weighted by Crippen LogP contribution is 2.26. The van der Waals surface area contributed by atoms with Crippen LogP contribution in [0.2, 0.25) is 5.02 Å². The second-order valence-corrected chi connectivity index (χ2v) is 2.94. The number of nitro benzene ring substituents is 1. The van der Waals surface area contributed by atoms with Crippen molar-refractivity contribution in [2.45, 2.75) is 6.54 Å². The van der Waals surface area contributed by atoms with Gasteiger partial charge in [0.15, 0.2) is 0 Å². The summed E-state index contributed by atoms with van der Waals surface area (Å²) in [4.78, 5) is 9.97.